The number of fused-ring (bicyclic) bond motifs is 3. The van der Waals surface area contributed by atoms with Crippen molar-refractivity contribution >= 4 is 31.5 Å². The Morgan fingerprint density at radius 2 is 1.96 bits per heavy atom. The van der Waals surface area contributed by atoms with Crippen LogP contribution in [-0.4, -0.2) is 20.3 Å². The summed E-state index contributed by atoms with van der Waals surface area (Å²) in [6.07, 6.45) is 5.37. The third-order valence-electron chi connectivity index (χ3n) is 4.90. The Balaban J connectivity index is 1.73. The molecule has 2 aromatic carbocycles. The van der Waals surface area contributed by atoms with Gasteiger partial charge in [-0.05, 0) is 30.7 Å². The van der Waals surface area contributed by atoms with Crippen LogP contribution in [0.1, 0.15) is 25.3 Å². The van der Waals surface area contributed by atoms with E-state index in [1.54, 1.807) is 12.5 Å². The van der Waals surface area contributed by atoms with Gasteiger partial charge in [0.1, 0.15) is 0 Å². The van der Waals surface area contributed by atoms with Gasteiger partial charge in [-0.15, -0.1) is 11.3 Å². The van der Waals surface area contributed by atoms with E-state index in [9.17, 15) is 5.11 Å². The van der Waals surface area contributed by atoms with Gasteiger partial charge in [0.05, 0.1) is 18.5 Å². The summed E-state index contributed by atoms with van der Waals surface area (Å²) in [5, 5.41) is 13.6. The molecule has 2 unspecified atom stereocenters. The van der Waals surface area contributed by atoms with E-state index in [-0.39, 0.29) is 5.92 Å². The molecule has 4 rings (SSSR count). The molecule has 1 N–H and O–H groups in total. The molecule has 24 heavy (non-hydrogen) atoms. The van der Waals surface area contributed by atoms with Gasteiger partial charge in [-0.1, -0.05) is 31.2 Å². The van der Waals surface area contributed by atoms with Crippen molar-refractivity contribution in [2.75, 3.05) is 0 Å². The van der Waals surface area contributed by atoms with E-state index in [0.717, 1.165) is 5.56 Å². The average Bonchev–Trinajstić information content (AvgIpc) is 3.20. The Morgan fingerprint density at radius 3 is 2.75 bits per heavy atom. The van der Waals surface area contributed by atoms with Gasteiger partial charge in [-0.25, -0.2) is 4.98 Å². The summed E-state index contributed by atoms with van der Waals surface area (Å²) in [5.41, 5.74) is 0.316. The Kier molecular flexibility index (Phi) is 3.66. The van der Waals surface area contributed by atoms with Crippen LogP contribution in [0.25, 0.3) is 20.2 Å². The highest BCUT2D eigenvalue weighted by atomic mass is 32.1. The number of benzene rings is 2. The number of rotatable bonds is 4. The Hall–Kier alpha value is -2.17. The molecule has 2 heterocycles. The van der Waals surface area contributed by atoms with E-state index in [1.165, 1.54) is 20.2 Å². The van der Waals surface area contributed by atoms with Gasteiger partial charge < -0.3 is 9.67 Å². The van der Waals surface area contributed by atoms with Crippen LogP contribution in [0.2, 0.25) is 0 Å². The van der Waals surface area contributed by atoms with Crippen LogP contribution in [0.3, 0.4) is 0 Å². The predicted octanol–water partition coefficient (Wildman–Crippen LogP) is 4.81. The van der Waals surface area contributed by atoms with Crippen LogP contribution in [0.5, 0.6) is 0 Å². The Morgan fingerprint density at radius 1 is 1.17 bits per heavy atom. The van der Waals surface area contributed by atoms with Gasteiger partial charge in [0, 0.05) is 38.5 Å². The van der Waals surface area contributed by atoms with Gasteiger partial charge in [0.15, 0.2) is 0 Å². The lowest BCUT2D eigenvalue weighted by atomic mass is 9.84. The first-order valence-corrected chi connectivity index (χ1v) is 8.95. The Labute approximate surface area is 145 Å². The second-order valence-corrected chi connectivity index (χ2v) is 7.75. The maximum atomic E-state index is 11.0. The van der Waals surface area contributed by atoms with Gasteiger partial charge in [-0.3, -0.25) is 0 Å². The summed E-state index contributed by atoms with van der Waals surface area (Å²) in [6, 6.07) is 15.1. The molecule has 3 nitrogen and oxygen atoms in total. The zero-order chi connectivity index (χ0) is 16.7. The maximum Gasteiger partial charge on any atom is 0.0946 e. The molecule has 122 valence electrons. The quantitative estimate of drug-likeness (QED) is 0.581. The fourth-order valence-electron chi connectivity index (χ4n) is 3.26. The summed E-state index contributed by atoms with van der Waals surface area (Å²) in [6.45, 7) is 4.51. The first-order chi connectivity index (χ1) is 11.5. The van der Waals surface area contributed by atoms with Gasteiger partial charge >= 0.3 is 0 Å². The van der Waals surface area contributed by atoms with Gasteiger partial charge in [-0.2, -0.15) is 0 Å². The molecule has 0 aliphatic carbocycles. The fraction of sp³-hybridized carbons (Fsp3) is 0.250. The standard InChI is InChI=1S/C20H20N2OS/c1-14(20(2,23)12-22-10-9-21-13-22)15-7-8-19-17(11-15)16-5-3-4-6-18(16)24-19/h3-11,13-14,23H,12H2,1-2H3. The lowest BCUT2D eigenvalue weighted by Gasteiger charge is -2.31. The zero-order valence-electron chi connectivity index (χ0n) is 13.8. The first-order valence-electron chi connectivity index (χ1n) is 8.14. The second kappa shape index (κ2) is 5.72. The van der Waals surface area contributed by atoms with E-state index in [0.29, 0.717) is 6.54 Å². The molecule has 0 spiro atoms. The minimum atomic E-state index is -0.847. The number of thiophene rings is 1. The monoisotopic (exact) mass is 336 g/mol. The molecule has 0 aliphatic rings. The van der Waals surface area contributed by atoms with Crippen molar-refractivity contribution in [2.45, 2.75) is 31.9 Å². The number of nitrogens with zero attached hydrogens (tertiary/aromatic N) is 2. The number of hydrogen-bond acceptors (Lipinski definition) is 3. The minimum Gasteiger partial charge on any atom is -0.388 e. The lowest BCUT2D eigenvalue weighted by Crippen LogP contribution is -2.35. The van der Waals surface area contributed by atoms with E-state index in [4.69, 9.17) is 0 Å². The number of imidazole rings is 1. The molecule has 0 aliphatic heterocycles. The molecule has 4 heteroatoms. The molecule has 0 radical (unpaired) electrons. The number of aromatic nitrogens is 2. The molecular weight excluding hydrogens is 316 g/mol. The van der Waals surface area contributed by atoms with Crippen molar-refractivity contribution in [1.29, 1.82) is 0 Å². The maximum absolute atomic E-state index is 11.0. The third kappa shape index (κ3) is 2.62. The molecule has 0 fully saturated rings. The summed E-state index contributed by atoms with van der Waals surface area (Å²) >= 11 is 1.82. The largest absolute Gasteiger partial charge is 0.388 e. The summed E-state index contributed by atoms with van der Waals surface area (Å²) in [5.74, 6) is 0.0166. The van der Waals surface area contributed by atoms with Crippen LogP contribution < -0.4 is 0 Å². The van der Waals surface area contributed by atoms with E-state index in [2.05, 4.69) is 54.4 Å². The van der Waals surface area contributed by atoms with E-state index >= 15 is 0 Å². The van der Waals surface area contributed by atoms with Crippen molar-refractivity contribution in [3.8, 4) is 0 Å². The highest BCUT2D eigenvalue weighted by Gasteiger charge is 2.30. The molecule has 0 bridgehead atoms. The highest BCUT2D eigenvalue weighted by Crippen LogP contribution is 2.37. The normalized spacial score (nSPS) is 15.6. The van der Waals surface area contributed by atoms with Crippen LogP contribution in [0.4, 0.5) is 0 Å². The molecule has 0 saturated carbocycles. The third-order valence-corrected chi connectivity index (χ3v) is 6.05. The second-order valence-electron chi connectivity index (χ2n) is 6.67. The predicted molar refractivity (Wildman–Crippen MR) is 101 cm³/mol. The van der Waals surface area contributed by atoms with E-state index < -0.39 is 5.60 Å². The smallest absolute Gasteiger partial charge is 0.0946 e. The molecule has 0 amide bonds. The Bertz CT molecular complexity index is 985. The van der Waals surface area contributed by atoms with Crippen LogP contribution in [0, 0.1) is 0 Å². The fourth-order valence-corrected chi connectivity index (χ4v) is 4.35. The van der Waals surface area contributed by atoms with Gasteiger partial charge in [0.25, 0.3) is 0 Å². The van der Waals surface area contributed by atoms with Crippen LogP contribution >= 0.6 is 11.3 Å². The number of aliphatic hydroxyl groups is 1. The zero-order valence-corrected chi connectivity index (χ0v) is 14.6. The summed E-state index contributed by atoms with van der Waals surface area (Å²) < 4.78 is 4.53. The van der Waals surface area contributed by atoms with Crippen molar-refractivity contribution in [1.82, 2.24) is 9.55 Å². The summed E-state index contributed by atoms with van der Waals surface area (Å²) in [7, 11) is 0. The highest BCUT2D eigenvalue weighted by molar-refractivity contribution is 7.25. The SMILES string of the molecule is CC(c1ccc2sc3ccccc3c2c1)C(C)(O)Cn1ccnc1. The topological polar surface area (TPSA) is 38.0 Å². The summed E-state index contributed by atoms with van der Waals surface area (Å²) in [4.78, 5) is 4.06. The van der Waals surface area contributed by atoms with Crippen LogP contribution in [-0.2, 0) is 6.54 Å². The average molecular weight is 336 g/mol. The molecular formula is C20H20N2OS. The van der Waals surface area contributed by atoms with Crippen molar-refractivity contribution in [2.24, 2.45) is 0 Å². The lowest BCUT2D eigenvalue weighted by molar-refractivity contribution is 0.0189. The van der Waals surface area contributed by atoms with E-state index in [1.807, 2.05) is 29.0 Å². The molecule has 4 aromatic rings. The van der Waals surface area contributed by atoms with Crippen LogP contribution in [0.15, 0.2) is 61.2 Å². The van der Waals surface area contributed by atoms with Crippen molar-refractivity contribution in [3.05, 3.63) is 66.7 Å². The van der Waals surface area contributed by atoms with Crippen molar-refractivity contribution in [3.63, 3.8) is 0 Å². The minimum absolute atomic E-state index is 0.0166. The molecule has 2 atom stereocenters. The molecule has 0 saturated heterocycles. The first kappa shape index (κ1) is 15.4. The number of hydrogen-bond donors (Lipinski definition) is 1. The van der Waals surface area contributed by atoms with Crippen molar-refractivity contribution < 1.29 is 5.11 Å². The molecule has 2 aromatic heterocycles. The van der Waals surface area contributed by atoms with Gasteiger partial charge in [0.2, 0.25) is 0 Å².